The lowest BCUT2D eigenvalue weighted by Crippen LogP contribution is -2.31. The van der Waals surface area contributed by atoms with Gasteiger partial charge in [-0.15, -0.1) is 0 Å². The van der Waals surface area contributed by atoms with Crippen LogP contribution in [0.15, 0.2) is 103 Å². The van der Waals surface area contributed by atoms with Crippen LogP contribution in [0.4, 0.5) is 0 Å². The number of esters is 6. The number of aryl methyl sites for hydroxylation is 10. The fraction of sp³-hybridized carbons (Fsp3) is 0.650. The highest BCUT2D eigenvalue weighted by Crippen LogP contribution is 2.31. The number of ether oxygens (including phenoxy) is 10. The summed E-state index contributed by atoms with van der Waals surface area (Å²) in [5, 5.41) is 2.97. The molecule has 0 spiro atoms. The molecule has 0 aliphatic carbocycles. The molecule has 4 rings (SSSR count). The Morgan fingerprint density at radius 3 is 0.823 bits per heavy atom. The number of nitrogens with zero attached hydrogens (tertiary/aromatic N) is 1. The SMILES string of the molecule is C/C=C/C(=O)OCC.C/C=C/C(=O)OCC.C/C=C/C(=O)OCC.C/C=C/C(=O)OCC.CC.CC.CC.CC.CC.CC.CC.CC.CCOC(=O)/C=C/c1cc(C)c(OCCC(C)C)c(CC)c1.CCOC(=O)CCc1cc(C)c(OCCC(C)C)c(CC)c1.CCc1cc(CCC(=O)NCCN(C)C)cc(C)c1OCCC(C)C.CCc1cc(I)cc(C)c1OCCC(C)C.CI.CI.CI.CI. The van der Waals surface area contributed by atoms with E-state index in [9.17, 15) is 33.6 Å². The van der Waals surface area contributed by atoms with Crippen LogP contribution in [0.2, 0.25) is 0 Å². The van der Waals surface area contributed by atoms with Crippen molar-refractivity contribution in [1.82, 2.24) is 10.2 Å². The Hall–Kier alpha value is -5.32. The Bertz CT molecular complexity index is 3450. The lowest BCUT2D eigenvalue weighted by atomic mass is 10.00. The van der Waals surface area contributed by atoms with Gasteiger partial charge in [-0.3, -0.25) is 9.59 Å². The number of nitrogens with one attached hydrogen (secondary N) is 1. The highest BCUT2D eigenvalue weighted by atomic mass is 127. The fourth-order valence-corrected chi connectivity index (χ4v) is 11.1. The Morgan fingerprint density at radius 2 is 0.574 bits per heavy atom. The number of carbonyl (C=O) groups is 7. The second-order valence-electron chi connectivity index (χ2n) is 28.9. The van der Waals surface area contributed by atoms with Crippen LogP contribution < -0.4 is 24.3 Å². The van der Waals surface area contributed by atoms with Crippen molar-refractivity contribution in [3.8, 4) is 23.0 Å². The van der Waals surface area contributed by atoms with Gasteiger partial charge >= 0.3 is 35.8 Å². The average Bonchev–Trinajstić information content (AvgIpc) is 0.846. The van der Waals surface area contributed by atoms with E-state index in [0.29, 0.717) is 82.7 Å². The van der Waals surface area contributed by atoms with E-state index in [4.69, 9.17) is 28.4 Å². The number of halogens is 5. The topological polar surface area (TPSA) is 227 Å². The quantitative estimate of drug-likeness (QED) is 0.0143. The summed E-state index contributed by atoms with van der Waals surface area (Å²) in [4.78, 5) is 86.1. The Balaban J connectivity index is -0.0000000902. The number of amides is 1. The average molecular weight is 2560 g/mol. The minimum Gasteiger partial charge on any atom is -0.493 e. The van der Waals surface area contributed by atoms with E-state index >= 15 is 0 Å². The van der Waals surface area contributed by atoms with E-state index in [2.05, 4.69) is 288 Å². The van der Waals surface area contributed by atoms with Gasteiger partial charge in [0.2, 0.25) is 5.91 Å². The maximum absolute atomic E-state index is 12.0. The lowest BCUT2D eigenvalue weighted by molar-refractivity contribution is -0.143. The number of likely N-dealkylation sites (N-methyl/N-ethyl adjacent to an activating group) is 1. The van der Waals surface area contributed by atoms with Crippen LogP contribution in [-0.4, -0.2) is 160 Å². The molecule has 0 aromatic heterocycles. The standard InChI is InChI=1S/C21H36N2O2.C19H30O3.C19H28O3.C14H21IO.4C6H10O2.8C2H6.4CH3I/c1-7-19-15-18(8-9-20(24)22-11-12-23(5)6)14-17(4)21(19)25-13-10-16(2)3;2*1-6-17-13-16(8-9-18(20)21-7-2)12-15(5)19(17)22-11-10-14(3)4;1-5-12-9-13(15)8-11(4)14(12)16-7-6-10(2)3;4*1-3-5-6(7)8-4-2;12*1-2/h14-16H,7-13H2,1-6H3,(H,22,24);12-14H,6-11H2,1-5H3;8-9,12-14H,6-7,10-11H2,1-5H3;8-10H,5-7H2,1-4H3;4*3,5H,4H2,1-2H3;8*1-2H3;4*1H3/b;;9-8+;;4*5-3+;;;;;;;;;;;;. The zero-order valence-electron chi connectivity index (χ0n) is 98.9. The molecule has 0 atom stereocenters. The highest BCUT2D eigenvalue weighted by molar-refractivity contribution is 14.1. The van der Waals surface area contributed by atoms with Crippen molar-refractivity contribution in [2.45, 2.75) is 368 Å². The molecule has 4 aromatic rings. The number of alkyl halides is 4. The monoisotopic (exact) mass is 2560 g/mol. The molecule has 0 unspecified atom stereocenters. The number of carbonyl (C=O) groups excluding carboxylic acids is 7. The van der Waals surface area contributed by atoms with E-state index < -0.39 is 0 Å². The Labute approximate surface area is 938 Å². The van der Waals surface area contributed by atoms with E-state index in [1.165, 1.54) is 78.5 Å². The minimum atomic E-state index is -0.310. The first-order chi connectivity index (χ1) is 67.5. The molecular formula is C117H215I5N2O17. The van der Waals surface area contributed by atoms with Crippen molar-refractivity contribution >= 4 is 161 Å². The molecule has 830 valence electrons. The molecular weight excluding hydrogens is 2340 g/mol. The molecule has 0 saturated heterocycles. The van der Waals surface area contributed by atoms with Crippen LogP contribution in [0.3, 0.4) is 0 Å². The van der Waals surface area contributed by atoms with Gasteiger partial charge in [-0.05, 0) is 333 Å². The van der Waals surface area contributed by atoms with Crippen LogP contribution in [0.1, 0.15) is 363 Å². The summed E-state index contributed by atoms with van der Waals surface area (Å²) in [6.45, 7) is 91.8. The van der Waals surface area contributed by atoms with Crippen LogP contribution in [0, 0.1) is 54.9 Å². The lowest BCUT2D eigenvalue weighted by Gasteiger charge is -2.16. The number of hydrogen-bond acceptors (Lipinski definition) is 18. The smallest absolute Gasteiger partial charge is 0.330 e. The predicted octanol–water partition coefficient (Wildman–Crippen LogP) is 34.1. The summed E-state index contributed by atoms with van der Waals surface area (Å²) in [5.41, 5.74) is 13.0. The van der Waals surface area contributed by atoms with Crippen LogP contribution in [0.5, 0.6) is 23.0 Å². The van der Waals surface area contributed by atoms with Crippen molar-refractivity contribution in [2.75, 3.05) is 113 Å². The predicted molar refractivity (Wildman–Crippen MR) is 662 cm³/mol. The Kier molecular flexibility index (Phi) is 169. The fourth-order valence-electron chi connectivity index (χ4n) is 10.3. The first-order valence-corrected chi connectivity index (χ1v) is 61.6. The van der Waals surface area contributed by atoms with Crippen LogP contribution >= 0.6 is 113 Å². The second-order valence-corrected chi connectivity index (χ2v) is 30.2. The van der Waals surface area contributed by atoms with Gasteiger partial charge in [-0.2, -0.15) is 0 Å². The van der Waals surface area contributed by atoms with Gasteiger partial charge in [-0.25, -0.2) is 24.0 Å². The number of allylic oxidation sites excluding steroid dienone is 4. The first-order valence-electron chi connectivity index (χ1n) is 51.9. The van der Waals surface area contributed by atoms with Crippen molar-refractivity contribution in [3.63, 3.8) is 0 Å². The summed E-state index contributed by atoms with van der Waals surface area (Å²) in [5.74, 6) is 5.37. The molecule has 0 bridgehead atoms. The molecule has 4 aromatic carbocycles. The molecule has 0 aliphatic heterocycles. The molecule has 141 heavy (non-hydrogen) atoms. The van der Waals surface area contributed by atoms with Gasteiger partial charge in [0.1, 0.15) is 23.0 Å². The van der Waals surface area contributed by atoms with Crippen LogP contribution in [0.25, 0.3) is 6.08 Å². The third kappa shape index (κ3) is 118. The van der Waals surface area contributed by atoms with E-state index in [1.807, 2.05) is 165 Å². The largest absolute Gasteiger partial charge is 0.493 e. The summed E-state index contributed by atoms with van der Waals surface area (Å²) in [7, 11) is 4.01. The van der Waals surface area contributed by atoms with Gasteiger partial charge in [0, 0.05) is 59.9 Å². The van der Waals surface area contributed by atoms with Gasteiger partial charge in [0.05, 0.1) is 66.1 Å². The van der Waals surface area contributed by atoms with Crippen molar-refractivity contribution in [3.05, 3.63) is 168 Å². The van der Waals surface area contributed by atoms with Crippen molar-refractivity contribution in [1.29, 1.82) is 0 Å². The third-order valence-corrected chi connectivity index (χ3v) is 16.9. The van der Waals surface area contributed by atoms with Gasteiger partial charge < -0.3 is 57.6 Å². The maximum atomic E-state index is 12.0. The highest BCUT2D eigenvalue weighted by Gasteiger charge is 2.15. The summed E-state index contributed by atoms with van der Waals surface area (Å²) in [6.07, 6.45) is 26.0. The zero-order chi connectivity index (χ0) is 114. The molecule has 1 N–H and O–H groups in total. The zero-order valence-corrected chi connectivity index (χ0v) is 110. The number of benzene rings is 4. The third-order valence-electron chi connectivity index (χ3n) is 16.3. The maximum Gasteiger partial charge on any atom is 0.330 e. The molecule has 19 nitrogen and oxygen atoms in total. The summed E-state index contributed by atoms with van der Waals surface area (Å²) < 4.78 is 53.3. The van der Waals surface area contributed by atoms with E-state index in [1.54, 1.807) is 92.7 Å². The van der Waals surface area contributed by atoms with E-state index in [0.717, 1.165) is 137 Å². The Morgan fingerprint density at radius 1 is 0.333 bits per heavy atom. The first kappa shape index (κ1) is 172. The summed E-state index contributed by atoms with van der Waals surface area (Å²) in [6, 6.07) is 17.2. The second kappa shape index (κ2) is 139. The number of rotatable bonds is 41. The molecule has 0 saturated carbocycles. The molecule has 0 radical (unpaired) electrons. The molecule has 0 fully saturated rings. The van der Waals surface area contributed by atoms with Crippen molar-refractivity contribution in [2.24, 2.45) is 23.7 Å². The van der Waals surface area contributed by atoms with Gasteiger partial charge in [0.25, 0.3) is 0 Å². The summed E-state index contributed by atoms with van der Waals surface area (Å²) >= 11 is 11.0. The number of hydrogen-bond donors (Lipinski definition) is 1. The van der Waals surface area contributed by atoms with Gasteiger partial charge in [-0.1, -0.05) is 333 Å². The molecule has 1 amide bonds. The molecule has 24 heteroatoms. The van der Waals surface area contributed by atoms with Crippen LogP contribution in [-0.2, 0) is 101 Å². The molecule has 0 heterocycles. The van der Waals surface area contributed by atoms with Crippen molar-refractivity contribution < 1.29 is 80.9 Å². The molecule has 0 aliphatic rings. The van der Waals surface area contributed by atoms with E-state index in [-0.39, 0.29) is 41.7 Å². The normalized spacial score (nSPS) is 9.38. The minimum absolute atomic E-state index is 0.120. The van der Waals surface area contributed by atoms with Gasteiger partial charge in [0.15, 0.2) is 0 Å².